The van der Waals surface area contributed by atoms with E-state index < -0.39 is 0 Å². The molecule has 0 nitrogen and oxygen atoms in total. The quantitative estimate of drug-likeness (QED) is 0.653. The van der Waals surface area contributed by atoms with Crippen LogP contribution < -0.4 is 0 Å². The van der Waals surface area contributed by atoms with Crippen molar-refractivity contribution in [3.63, 3.8) is 0 Å². The first kappa shape index (κ1) is 12.7. The highest BCUT2D eigenvalue weighted by Crippen LogP contribution is 2.33. The molecule has 0 fully saturated rings. The van der Waals surface area contributed by atoms with Crippen LogP contribution in [-0.4, -0.2) is 0 Å². The van der Waals surface area contributed by atoms with Crippen molar-refractivity contribution in [2.45, 2.75) is 59.3 Å². The Morgan fingerprint density at radius 3 is 2.41 bits per heavy atom. The van der Waals surface area contributed by atoms with E-state index in [2.05, 4.69) is 52.8 Å². The number of rotatable bonds is 1. The minimum atomic E-state index is 0.282. The number of aryl methyl sites for hydroxylation is 1. The molecular weight excluding hydrogens is 204 g/mol. The van der Waals surface area contributed by atoms with Crippen molar-refractivity contribution >= 4 is 0 Å². The monoisotopic (exact) mass is 230 g/mol. The molecule has 0 spiro atoms. The van der Waals surface area contributed by atoms with Crippen LogP contribution in [0.15, 0.2) is 18.2 Å². The summed E-state index contributed by atoms with van der Waals surface area (Å²) in [6, 6.07) is 7.16. The Morgan fingerprint density at radius 2 is 1.82 bits per heavy atom. The summed E-state index contributed by atoms with van der Waals surface area (Å²) in [4.78, 5) is 0. The predicted octanol–water partition coefficient (Wildman–Crippen LogP) is 4.75. The van der Waals surface area contributed by atoms with Gasteiger partial charge in [-0.25, -0.2) is 0 Å². The maximum absolute atomic E-state index is 2.45. The lowest BCUT2D eigenvalue weighted by atomic mass is 9.76. The first-order valence-electron chi connectivity index (χ1n) is 7.00. The van der Waals surface area contributed by atoms with E-state index in [0.29, 0.717) is 0 Å². The lowest BCUT2D eigenvalue weighted by molar-refractivity contribution is 0.342. The first-order valence-corrected chi connectivity index (χ1v) is 7.00. The van der Waals surface area contributed by atoms with Crippen LogP contribution in [0.25, 0.3) is 0 Å². The molecule has 0 radical (unpaired) electrons. The maximum Gasteiger partial charge on any atom is -0.0132 e. The molecule has 0 saturated carbocycles. The molecule has 2 rings (SSSR count). The van der Waals surface area contributed by atoms with Gasteiger partial charge in [0, 0.05) is 0 Å². The molecule has 0 N–H and O–H groups in total. The van der Waals surface area contributed by atoms with E-state index in [9.17, 15) is 0 Å². The van der Waals surface area contributed by atoms with E-state index in [1.54, 1.807) is 11.1 Å². The van der Waals surface area contributed by atoms with Crippen LogP contribution in [0.2, 0.25) is 0 Å². The van der Waals surface area contributed by atoms with Crippen LogP contribution in [0, 0.1) is 11.8 Å². The van der Waals surface area contributed by atoms with Crippen LogP contribution in [0.1, 0.15) is 57.7 Å². The summed E-state index contributed by atoms with van der Waals surface area (Å²) < 4.78 is 0. The summed E-state index contributed by atoms with van der Waals surface area (Å²) in [5, 5.41) is 0. The smallest absolute Gasteiger partial charge is 0.0132 e. The fraction of sp³-hybridized carbons (Fsp3) is 0.647. The van der Waals surface area contributed by atoms with E-state index in [1.807, 2.05) is 0 Å². The summed E-state index contributed by atoms with van der Waals surface area (Å²) in [7, 11) is 0. The van der Waals surface area contributed by atoms with Crippen molar-refractivity contribution in [2.75, 3.05) is 0 Å². The van der Waals surface area contributed by atoms with Crippen LogP contribution in [0.4, 0.5) is 0 Å². The van der Waals surface area contributed by atoms with Crippen LogP contribution in [0.5, 0.6) is 0 Å². The second-order valence-corrected chi connectivity index (χ2v) is 6.98. The number of hydrogen-bond donors (Lipinski definition) is 0. The number of hydrogen-bond acceptors (Lipinski definition) is 0. The molecule has 1 aromatic rings. The predicted molar refractivity (Wildman–Crippen MR) is 75.5 cm³/mol. The summed E-state index contributed by atoms with van der Waals surface area (Å²) in [6.45, 7) is 11.6. The average Bonchev–Trinajstić information content (AvgIpc) is 2.26. The number of benzene rings is 1. The third-order valence-electron chi connectivity index (χ3n) is 4.28. The second-order valence-electron chi connectivity index (χ2n) is 6.98. The molecule has 1 aliphatic carbocycles. The molecule has 0 bridgehead atoms. The first-order chi connectivity index (χ1) is 7.88. The van der Waals surface area contributed by atoms with Gasteiger partial charge >= 0.3 is 0 Å². The van der Waals surface area contributed by atoms with E-state index in [1.165, 1.54) is 24.8 Å². The molecule has 1 unspecified atom stereocenters. The van der Waals surface area contributed by atoms with Gasteiger partial charge < -0.3 is 0 Å². The highest BCUT2D eigenvalue weighted by Gasteiger charge is 2.22. The second kappa shape index (κ2) is 4.48. The van der Waals surface area contributed by atoms with Gasteiger partial charge in [-0.2, -0.15) is 0 Å². The van der Waals surface area contributed by atoms with Crippen molar-refractivity contribution in [2.24, 2.45) is 11.8 Å². The summed E-state index contributed by atoms with van der Waals surface area (Å²) in [6.07, 6.45) is 3.94. The molecular formula is C17H26. The highest BCUT2D eigenvalue weighted by atomic mass is 14.3. The van der Waals surface area contributed by atoms with Crippen molar-refractivity contribution < 1.29 is 0 Å². The van der Waals surface area contributed by atoms with Crippen LogP contribution in [-0.2, 0) is 18.3 Å². The maximum atomic E-state index is 2.45. The van der Waals surface area contributed by atoms with Gasteiger partial charge in [-0.15, -0.1) is 0 Å². The zero-order valence-corrected chi connectivity index (χ0v) is 12.0. The van der Waals surface area contributed by atoms with E-state index in [4.69, 9.17) is 0 Å². The highest BCUT2D eigenvalue weighted by molar-refractivity contribution is 5.37. The third kappa shape index (κ3) is 2.73. The Hall–Kier alpha value is -0.780. The third-order valence-corrected chi connectivity index (χ3v) is 4.28. The summed E-state index contributed by atoms with van der Waals surface area (Å²) >= 11 is 0. The molecule has 1 aromatic carbocycles. The Morgan fingerprint density at radius 1 is 1.12 bits per heavy atom. The molecule has 0 saturated heterocycles. The van der Waals surface area contributed by atoms with E-state index in [0.717, 1.165) is 11.8 Å². The van der Waals surface area contributed by atoms with Crippen molar-refractivity contribution in [3.8, 4) is 0 Å². The Balaban J connectivity index is 2.26. The van der Waals surface area contributed by atoms with Gasteiger partial charge in [0.1, 0.15) is 0 Å². The largest absolute Gasteiger partial charge is 0.0625 e. The van der Waals surface area contributed by atoms with Gasteiger partial charge in [0.15, 0.2) is 0 Å². The van der Waals surface area contributed by atoms with Gasteiger partial charge in [-0.3, -0.25) is 0 Å². The molecule has 0 aromatic heterocycles. The molecule has 0 heterocycles. The van der Waals surface area contributed by atoms with Gasteiger partial charge in [0.05, 0.1) is 0 Å². The Labute approximate surface area is 106 Å². The van der Waals surface area contributed by atoms with Crippen molar-refractivity contribution in [1.29, 1.82) is 0 Å². The molecule has 17 heavy (non-hydrogen) atoms. The summed E-state index contributed by atoms with van der Waals surface area (Å²) in [5.41, 5.74) is 4.97. The van der Waals surface area contributed by atoms with Gasteiger partial charge in [0.25, 0.3) is 0 Å². The normalized spacial score (nSPS) is 20.5. The number of fused-ring (bicyclic) bond motifs is 1. The lowest BCUT2D eigenvalue weighted by Gasteiger charge is -2.29. The van der Waals surface area contributed by atoms with Crippen molar-refractivity contribution in [3.05, 3.63) is 34.9 Å². The van der Waals surface area contributed by atoms with Crippen LogP contribution >= 0.6 is 0 Å². The summed E-state index contributed by atoms with van der Waals surface area (Å²) in [5.74, 6) is 1.72. The molecule has 0 amide bonds. The fourth-order valence-corrected chi connectivity index (χ4v) is 2.82. The zero-order valence-electron chi connectivity index (χ0n) is 12.0. The van der Waals surface area contributed by atoms with Gasteiger partial charge in [-0.05, 0) is 53.2 Å². The van der Waals surface area contributed by atoms with Crippen molar-refractivity contribution in [1.82, 2.24) is 0 Å². The van der Waals surface area contributed by atoms with E-state index >= 15 is 0 Å². The Bertz CT molecular complexity index is 393. The minimum Gasteiger partial charge on any atom is -0.0625 e. The average molecular weight is 230 g/mol. The molecule has 94 valence electrons. The topological polar surface area (TPSA) is 0 Å². The molecule has 1 atom stereocenters. The zero-order chi connectivity index (χ0) is 12.6. The van der Waals surface area contributed by atoms with Crippen LogP contribution in [0.3, 0.4) is 0 Å². The lowest BCUT2D eigenvalue weighted by Crippen LogP contribution is -2.20. The standard InChI is InChI=1S/C17H26/c1-12(2)13-6-7-15-11-16(17(3,4)5)9-8-14(15)10-13/h8-9,11-13H,6-7,10H2,1-5H3. The van der Waals surface area contributed by atoms with E-state index in [-0.39, 0.29) is 5.41 Å². The SMILES string of the molecule is CC(C)C1CCc2cc(C(C)(C)C)ccc2C1. The molecule has 0 aliphatic heterocycles. The Kier molecular flexibility index (Phi) is 3.34. The van der Waals surface area contributed by atoms with Gasteiger partial charge in [-0.1, -0.05) is 52.8 Å². The molecule has 1 aliphatic rings. The fourth-order valence-electron chi connectivity index (χ4n) is 2.82. The van der Waals surface area contributed by atoms with Gasteiger partial charge in [0.2, 0.25) is 0 Å². The minimum absolute atomic E-state index is 0.282. The molecule has 0 heteroatoms.